The molecule has 0 aliphatic carbocycles. The van der Waals surface area contributed by atoms with E-state index in [-0.39, 0.29) is 6.04 Å². The van der Waals surface area contributed by atoms with Crippen LogP contribution in [-0.4, -0.2) is 41.1 Å². The maximum Gasteiger partial charge on any atom is 0.397 e. The van der Waals surface area contributed by atoms with Crippen LogP contribution < -0.4 is 0 Å². The molecule has 82 valence electrons. The maximum absolute atomic E-state index is 11.9. The summed E-state index contributed by atoms with van der Waals surface area (Å²) in [6.07, 6.45) is -5.72. The first kappa shape index (κ1) is 11.7. The molecule has 1 saturated heterocycles. The van der Waals surface area contributed by atoms with E-state index in [1.54, 1.807) is 18.7 Å². The second-order valence-corrected chi connectivity index (χ2v) is 4.45. The molecular weight excluding hydrogens is 215 g/mol. The van der Waals surface area contributed by atoms with Crippen molar-refractivity contribution in [3.8, 4) is 0 Å². The van der Waals surface area contributed by atoms with Crippen LogP contribution in [0.5, 0.6) is 0 Å². The maximum atomic E-state index is 11.9. The van der Waals surface area contributed by atoms with Gasteiger partial charge in [-0.05, 0) is 6.92 Å². The normalized spacial score (nSPS) is 23.7. The fourth-order valence-corrected chi connectivity index (χ4v) is 2.38. The minimum absolute atomic E-state index is 0.0800. The molecule has 1 heterocycles. The lowest BCUT2D eigenvalue weighted by atomic mass is 10.2. The lowest BCUT2D eigenvalue weighted by molar-refractivity contribution is -0.162. The minimum atomic E-state index is -4.39. The highest BCUT2D eigenvalue weighted by molar-refractivity contribution is 7.99. The van der Waals surface area contributed by atoms with Crippen molar-refractivity contribution in [2.75, 3.05) is 18.1 Å². The summed E-state index contributed by atoms with van der Waals surface area (Å²) in [5.41, 5.74) is 0. The van der Waals surface area contributed by atoms with E-state index in [1.807, 2.05) is 0 Å². The van der Waals surface area contributed by atoms with E-state index < -0.39 is 18.5 Å². The Hall–Kier alpha value is -0.390. The monoisotopic (exact) mass is 227 g/mol. The number of alkyl halides is 3. The number of hydrogen-bond donors (Lipinski definition) is 0. The number of halogens is 3. The molecule has 1 rings (SSSR count). The Kier molecular flexibility index (Phi) is 3.69. The van der Waals surface area contributed by atoms with E-state index in [1.165, 1.54) is 4.90 Å². The summed E-state index contributed by atoms with van der Waals surface area (Å²) in [6.45, 7) is 2.21. The van der Waals surface area contributed by atoms with Crippen LogP contribution in [0.1, 0.15) is 13.3 Å². The number of amides is 1. The lowest BCUT2D eigenvalue weighted by Gasteiger charge is -2.33. The molecule has 1 aliphatic rings. The van der Waals surface area contributed by atoms with E-state index in [0.29, 0.717) is 6.54 Å². The Balaban J connectivity index is 2.50. The van der Waals surface area contributed by atoms with Gasteiger partial charge >= 0.3 is 6.18 Å². The second-order valence-electron chi connectivity index (χ2n) is 3.30. The van der Waals surface area contributed by atoms with Gasteiger partial charge in [0.25, 0.3) is 0 Å². The average Bonchev–Trinajstić information content (AvgIpc) is 2.01. The van der Waals surface area contributed by atoms with Crippen molar-refractivity contribution in [1.82, 2.24) is 4.90 Å². The summed E-state index contributed by atoms with van der Waals surface area (Å²) >= 11 is 1.67. The molecule has 0 saturated carbocycles. The molecule has 0 radical (unpaired) electrons. The molecule has 1 atom stereocenters. The molecule has 1 unspecified atom stereocenters. The van der Waals surface area contributed by atoms with Gasteiger partial charge in [0.2, 0.25) is 5.91 Å². The van der Waals surface area contributed by atoms with Gasteiger partial charge < -0.3 is 4.90 Å². The van der Waals surface area contributed by atoms with Gasteiger partial charge in [-0.15, -0.1) is 0 Å². The van der Waals surface area contributed by atoms with Gasteiger partial charge in [-0.1, -0.05) is 0 Å². The smallest absolute Gasteiger partial charge is 0.338 e. The highest BCUT2D eigenvalue weighted by atomic mass is 32.2. The SMILES string of the molecule is CC1CSCCN1C(=O)CC(F)(F)F. The van der Waals surface area contributed by atoms with E-state index in [9.17, 15) is 18.0 Å². The van der Waals surface area contributed by atoms with E-state index in [4.69, 9.17) is 0 Å². The highest BCUT2D eigenvalue weighted by Crippen LogP contribution is 2.23. The number of nitrogens with zero attached hydrogens (tertiary/aromatic N) is 1. The average molecular weight is 227 g/mol. The number of thioether (sulfide) groups is 1. The Morgan fingerprint density at radius 3 is 2.71 bits per heavy atom. The third kappa shape index (κ3) is 3.40. The summed E-state index contributed by atoms with van der Waals surface area (Å²) in [5.74, 6) is 0.655. The summed E-state index contributed by atoms with van der Waals surface area (Å²) in [5, 5.41) is 0. The third-order valence-corrected chi connectivity index (χ3v) is 3.23. The van der Waals surface area contributed by atoms with Crippen LogP contribution >= 0.6 is 11.8 Å². The summed E-state index contributed by atoms with van der Waals surface area (Å²) in [6, 6.07) is -0.0800. The standard InChI is InChI=1S/C8H12F3NOS/c1-6-5-14-3-2-12(6)7(13)4-8(9,10)11/h6H,2-5H2,1H3. The quantitative estimate of drug-likeness (QED) is 0.682. The fraction of sp³-hybridized carbons (Fsp3) is 0.875. The first-order valence-electron chi connectivity index (χ1n) is 4.34. The largest absolute Gasteiger partial charge is 0.397 e. The zero-order valence-electron chi connectivity index (χ0n) is 7.80. The van der Waals surface area contributed by atoms with Gasteiger partial charge in [0.05, 0.1) is 0 Å². The zero-order chi connectivity index (χ0) is 10.8. The summed E-state index contributed by atoms with van der Waals surface area (Å²) in [7, 11) is 0. The molecule has 1 fully saturated rings. The molecule has 0 spiro atoms. The van der Waals surface area contributed by atoms with Crippen LogP contribution in [-0.2, 0) is 4.79 Å². The molecule has 1 aliphatic heterocycles. The predicted octanol–water partition coefficient (Wildman–Crippen LogP) is 1.90. The number of rotatable bonds is 1. The van der Waals surface area contributed by atoms with Crippen molar-refractivity contribution in [3.63, 3.8) is 0 Å². The number of carbonyl (C=O) groups is 1. The second kappa shape index (κ2) is 4.42. The number of carbonyl (C=O) groups excluding carboxylic acids is 1. The van der Waals surface area contributed by atoms with Crippen molar-refractivity contribution in [1.29, 1.82) is 0 Å². The Labute approximate surface area is 84.8 Å². The van der Waals surface area contributed by atoms with Crippen molar-refractivity contribution >= 4 is 17.7 Å². The van der Waals surface area contributed by atoms with Crippen LogP contribution in [0.2, 0.25) is 0 Å². The van der Waals surface area contributed by atoms with Gasteiger partial charge in [-0.2, -0.15) is 24.9 Å². The Morgan fingerprint density at radius 1 is 1.57 bits per heavy atom. The molecule has 2 nitrogen and oxygen atoms in total. The van der Waals surface area contributed by atoms with Crippen molar-refractivity contribution in [2.24, 2.45) is 0 Å². The Morgan fingerprint density at radius 2 is 2.21 bits per heavy atom. The highest BCUT2D eigenvalue weighted by Gasteiger charge is 2.35. The van der Waals surface area contributed by atoms with Gasteiger partial charge in [0, 0.05) is 24.1 Å². The van der Waals surface area contributed by atoms with Crippen LogP contribution in [0.15, 0.2) is 0 Å². The van der Waals surface area contributed by atoms with Crippen molar-refractivity contribution in [3.05, 3.63) is 0 Å². The summed E-state index contributed by atoms with van der Waals surface area (Å²) in [4.78, 5) is 12.5. The lowest BCUT2D eigenvalue weighted by Crippen LogP contribution is -2.45. The molecule has 14 heavy (non-hydrogen) atoms. The molecule has 0 aromatic rings. The first-order chi connectivity index (χ1) is 6.40. The van der Waals surface area contributed by atoms with Gasteiger partial charge in [0.1, 0.15) is 6.42 Å². The minimum Gasteiger partial charge on any atom is -0.338 e. The van der Waals surface area contributed by atoms with Crippen molar-refractivity contribution in [2.45, 2.75) is 25.6 Å². The van der Waals surface area contributed by atoms with E-state index >= 15 is 0 Å². The summed E-state index contributed by atoms with van der Waals surface area (Å²) < 4.78 is 35.8. The van der Waals surface area contributed by atoms with Gasteiger partial charge in [0.15, 0.2) is 0 Å². The molecule has 0 aromatic heterocycles. The van der Waals surface area contributed by atoms with Crippen LogP contribution in [0.4, 0.5) is 13.2 Å². The Bertz CT molecular complexity index is 219. The number of hydrogen-bond acceptors (Lipinski definition) is 2. The topological polar surface area (TPSA) is 20.3 Å². The molecule has 0 N–H and O–H groups in total. The first-order valence-corrected chi connectivity index (χ1v) is 5.49. The van der Waals surface area contributed by atoms with Crippen LogP contribution in [0.25, 0.3) is 0 Å². The van der Waals surface area contributed by atoms with Crippen molar-refractivity contribution < 1.29 is 18.0 Å². The molecule has 6 heteroatoms. The van der Waals surface area contributed by atoms with Gasteiger partial charge in [-0.3, -0.25) is 4.79 Å². The van der Waals surface area contributed by atoms with E-state index in [2.05, 4.69) is 0 Å². The molecule has 1 amide bonds. The molecule has 0 bridgehead atoms. The molecular formula is C8H12F3NOS. The fourth-order valence-electron chi connectivity index (χ4n) is 1.37. The molecule has 0 aromatic carbocycles. The van der Waals surface area contributed by atoms with Crippen LogP contribution in [0, 0.1) is 0 Å². The third-order valence-electron chi connectivity index (χ3n) is 2.04. The zero-order valence-corrected chi connectivity index (χ0v) is 8.62. The van der Waals surface area contributed by atoms with E-state index in [0.717, 1.165) is 11.5 Å². The van der Waals surface area contributed by atoms with Crippen LogP contribution in [0.3, 0.4) is 0 Å². The predicted molar refractivity (Wildman–Crippen MR) is 49.2 cm³/mol. The van der Waals surface area contributed by atoms with Gasteiger partial charge in [-0.25, -0.2) is 0 Å².